The van der Waals surface area contributed by atoms with E-state index in [-0.39, 0.29) is 11.8 Å². The lowest BCUT2D eigenvalue weighted by Gasteiger charge is -2.32. The summed E-state index contributed by atoms with van der Waals surface area (Å²) in [5, 5.41) is 16.9. The number of rotatable bonds is 6. The summed E-state index contributed by atoms with van der Waals surface area (Å²) in [4.78, 5) is 12.9. The molecular formula is C17H24Cl2N2O2. The number of nitrogens with one attached hydrogen (secondary N) is 2. The van der Waals surface area contributed by atoms with E-state index in [2.05, 4.69) is 10.6 Å². The molecule has 0 spiro atoms. The van der Waals surface area contributed by atoms with Crippen LogP contribution in [0, 0.1) is 5.92 Å². The molecule has 1 heterocycles. The second kappa shape index (κ2) is 7.84. The molecule has 4 nitrogen and oxygen atoms in total. The van der Waals surface area contributed by atoms with Crippen molar-refractivity contribution in [2.45, 2.75) is 38.2 Å². The van der Waals surface area contributed by atoms with Gasteiger partial charge in [-0.15, -0.1) is 0 Å². The average Bonchev–Trinajstić information content (AvgIpc) is 2.95. The second-order valence-corrected chi connectivity index (χ2v) is 6.93. The minimum absolute atomic E-state index is 0.0278. The van der Waals surface area contributed by atoms with Crippen LogP contribution in [0.15, 0.2) is 18.2 Å². The Bertz CT molecular complexity index is 562. The van der Waals surface area contributed by atoms with Gasteiger partial charge in [0.15, 0.2) is 0 Å². The standard InChI is InChI=1S/C17H24Cl2N2O2/c1-3-17(4-2,12-5-6-13(18)14(19)7-12)16(23)21-9-11-8-20-10-15(11)22/h5-7,11,15,20,22H,3-4,8-10H2,1-2H3,(H,21,23). The molecule has 1 saturated heterocycles. The first-order valence-electron chi connectivity index (χ1n) is 8.07. The zero-order chi connectivity index (χ0) is 17.0. The van der Waals surface area contributed by atoms with E-state index in [9.17, 15) is 9.90 Å². The predicted octanol–water partition coefficient (Wildman–Crippen LogP) is 2.75. The molecule has 0 radical (unpaired) electrons. The summed E-state index contributed by atoms with van der Waals surface area (Å²) < 4.78 is 0. The molecule has 0 aromatic heterocycles. The van der Waals surface area contributed by atoms with Crippen molar-refractivity contribution in [1.29, 1.82) is 0 Å². The van der Waals surface area contributed by atoms with E-state index in [0.717, 1.165) is 12.1 Å². The maximum Gasteiger partial charge on any atom is 0.230 e. The first-order chi connectivity index (χ1) is 10.9. The van der Waals surface area contributed by atoms with Crippen molar-refractivity contribution in [3.05, 3.63) is 33.8 Å². The van der Waals surface area contributed by atoms with E-state index in [4.69, 9.17) is 23.2 Å². The van der Waals surface area contributed by atoms with Crippen LogP contribution < -0.4 is 10.6 Å². The molecule has 0 saturated carbocycles. The lowest BCUT2D eigenvalue weighted by Crippen LogP contribution is -2.46. The van der Waals surface area contributed by atoms with E-state index in [0.29, 0.717) is 36.0 Å². The molecule has 0 bridgehead atoms. The molecule has 1 amide bonds. The fraction of sp³-hybridized carbons (Fsp3) is 0.588. The van der Waals surface area contributed by atoms with Gasteiger partial charge in [-0.1, -0.05) is 43.1 Å². The highest BCUT2D eigenvalue weighted by Gasteiger charge is 2.37. The zero-order valence-electron chi connectivity index (χ0n) is 13.5. The van der Waals surface area contributed by atoms with Crippen molar-refractivity contribution < 1.29 is 9.90 Å². The minimum atomic E-state index is -0.634. The van der Waals surface area contributed by atoms with Crippen molar-refractivity contribution >= 4 is 29.1 Å². The van der Waals surface area contributed by atoms with Crippen molar-refractivity contribution in [2.24, 2.45) is 5.92 Å². The Balaban J connectivity index is 2.18. The molecule has 2 atom stereocenters. The van der Waals surface area contributed by atoms with Gasteiger partial charge in [-0.2, -0.15) is 0 Å². The maximum absolute atomic E-state index is 12.9. The molecule has 1 aromatic carbocycles. The molecule has 1 aliphatic heterocycles. The van der Waals surface area contributed by atoms with Gasteiger partial charge in [0.2, 0.25) is 5.91 Å². The molecule has 3 N–H and O–H groups in total. The summed E-state index contributed by atoms with van der Waals surface area (Å²) in [7, 11) is 0. The lowest BCUT2D eigenvalue weighted by atomic mass is 9.75. The first-order valence-corrected chi connectivity index (χ1v) is 8.82. The number of benzene rings is 1. The number of aliphatic hydroxyl groups excluding tert-OH is 1. The Labute approximate surface area is 147 Å². The first kappa shape index (κ1) is 18.5. The topological polar surface area (TPSA) is 61.4 Å². The fourth-order valence-electron chi connectivity index (χ4n) is 3.22. The number of amides is 1. The Morgan fingerprint density at radius 2 is 2.00 bits per heavy atom. The SMILES string of the molecule is CCC(CC)(C(=O)NCC1CNCC1O)c1ccc(Cl)c(Cl)c1. The summed E-state index contributed by atoms with van der Waals surface area (Å²) in [6.07, 6.45) is 0.926. The molecule has 1 fully saturated rings. The molecule has 6 heteroatoms. The molecule has 1 aromatic rings. The Kier molecular flexibility index (Phi) is 6.32. The summed E-state index contributed by atoms with van der Waals surface area (Å²) in [5.41, 5.74) is 0.241. The third-order valence-electron chi connectivity index (χ3n) is 4.94. The molecular weight excluding hydrogens is 335 g/mol. The molecule has 1 aliphatic rings. The van der Waals surface area contributed by atoms with Crippen LogP contribution in [-0.2, 0) is 10.2 Å². The van der Waals surface area contributed by atoms with Crippen molar-refractivity contribution in [1.82, 2.24) is 10.6 Å². The van der Waals surface area contributed by atoms with Gasteiger partial charge in [0, 0.05) is 25.6 Å². The van der Waals surface area contributed by atoms with Gasteiger partial charge < -0.3 is 15.7 Å². The molecule has 2 unspecified atom stereocenters. The van der Waals surface area contributed by atoms with Crippen LogP contribution in [0.1, 0.15) is 32.3 Å². The summed E-state index contributed by atoms with van der Waals surface area (Å²) in [6, 6.07) is 5.38. The van der Waals surface area contributed by atoms with Crippen LogP contribution in [0.5, 0.6) is 0 Å². The number of β-amino-alcohol motifs (C(OH)–C–C–N with tert-alkyl or cyclic N) is 1. The third kappa shape index (κ3) is 3.82. The van der Waals surface area contributed by atoms with E-state index < -0.39 is 11.5 Å². The van der Waals surface area contributed by atoms with E-state index in [1.165, 1.54) is 0 Å². The highest BCUT2D eigenvalue weighted by Crippen LogP contribution is 2.35. The number of carbonyl (C=O) groups is 1. The lowest BCUT2D eigenvalue weighted by molar-refractivity contribution is -0.127. The molecule has 2 rings (SSSR count). The largest absolute Gasteiger partial charge is 0.391 e. The number of aliphatic hydroxyl groups is 1. The van der Waals surface area contributed by atoms with Crippen molar-refractivity contribution in [2.75, 3.05) is 19.6 Å². The molecule has 128 valence electrons. The van der Waals surface area contributed by atoms with Crippen LogP contribution in [-0.4, -0.2) is 36.8 Å². The van der Waals surface area contributed by atoms with Gasteiger partial charge in [0.1, 0.15) is 0 Å². The fourth-order valence-corrected chi connectivity index (χ4v) is 3.52. The van der Waals surface area contributed by atoms with Crippen LogP contribution >= 0.6 is 23.2 Å². The predicted molar refractivity (Wildman–Crippen MR) is 94.1 cm³/mol. The Morgan fingerprint density at radius 3 is 2.52 bits per heavy atom. The highest BCUT2D eigenvalue weighted by molar-refractivity contribution is 6.42. The number of carbonyl (C=O) groups excluding carboxylic acids is 1. The van der Waals surface area contributed by atoms with Crippen LogP contribution in [0.2, 0.25) is 10.0 Å². The van der Waals surface area contributed by atoms with Crippen LogP contribution in [0.3, 0.4) is 0 Å². The monoisotopic (exact) mass is 358 g/mol. The molecule has 0 aliphatic carbocycles. The van der Waals surface area contributed by atoms with Crippen LogP contribution in [0.4, 0.5) is 0 Å². The summed E-state index contributed by atoms with van der Waals surface area (Å²) in [5.74, 6) is 0.0270. The normalized spacial score (nSPS) is 21.4. The maximum atomic E-state index is 12.9. The number of halogens is 2. The van der Waals surface area contributed by atoms with Gasteiger partial charge in [0.25, 0.3) is 0 Å². The van der Waals surface area contributed by atoms with Gasteiger partial charge in [-0.3, -0.25) is 4.79 Å². The zero-order valence-corrected chi connectivity index (χ0v) is 15.0. The van der Waals surface area contributed by atoms with E-state index >= 15 is 0 Å². The van der Waals surface area contributed by atoms with Gasteiger partial charge in [-0.25, -0.2) is 0 Å². The van der Waals surface area contributed by atoms with E-state index in [1.54, 1.807) is 12.1 Å². The number of hydrogen-bond acceptors (Lipinski definition) is 3. The second-order valence-electron chi connectivity index (χ2n) is 6.11. The number of hydrogen-bond donors (Lipinski definition) is 3. The van der Waals surface area contributed by atoms with E-state index in [1.807, 2.05) is 19.9 Å². The quantitative estimate of drug-likeness (QED) is 0.732. The van der Waals surface area contributed by atoms with Crippen LogP contribution in [0.25, 0.3) is 0 Å². The highest BCUT2D eigenvalue weighted by atomic mass is 35.5. The van der Waals surface area contributed by atoms with Gasteiger partial charge in [0.05, 0.1) is 21.6 Å². The van der Waals surface area contributed by atoms with Gasteiger partial charge in [-0.05, 0) is 30.5 Å². The Morgan fingerprint density at radius 1 is 1.30 bits per heavy atom. The van der Waals surface area contributed by atoms with Gasteiger partial charge >= 0.3 is 0 Å². The summed E-state index contributed by atoms with van der Waals surface area (Å²) in [6.45, 7) is 5.77. The van der Waals surface area contributed by atoms with Crippen molar-refractivity contribution in [3.63, 3.8) is 0 Å². The Hall–Kier alpha value is -0.810. The minimum Gasteiger partial charge on any atom is -0.391 e. The third-order valence-corrected chi connectivity index (χ3v) is 5.68. The average molecular weight is 359 g/mol. The molecule has 23 heavy (non-hydrogen) atoms. The summed E-state index contributed by atoms with van der Waals surface area (Å²) >= 11 is 12.1. The van der Waals surface area contributed by atoms with Crippen molar-refractivity contribution in [3.8, 4) is 0 Å². The smallest absolute Gasteiger partial charge is 0.230 e.